The summed E-state index contributed by atoms with van der Waals surface area (Å²) in [6.45, 7) is 4.44. The number of hydrogen-bond donors (Lipinski definition) is 0. The van der Waals surface area contributed by atoms with Gasteiger partial charge in [0.25, 0.3) is 0 Å². The Hall–Kier alpha value is -1.59. The van der Waals surface area contributed by atoms with Gasteiger partial charge < -0.3 is 18.9 Å². The molecule has 5 heteroatoms. The lowest BCUT2D eigenvalue weighted by molar-refractivity contribution is -0.107. The minimum absolute atomic E-state index is 0.232. The molecule has 0 spiro atoms. The lowest BCUT2D eigenvalue weighted by Gasteiger charge is -2.16. The fraction of sp³-hybridized carbons (Fsp3) is 0.500. The monoisotopic (exact) mass is 268 g/mol. The van der Waals surface area contributed by atoms with Gasteiger partial charge in [-0.15, -0.1) is 0 Å². The highest BCUT2D eigenvalue weighted by molar-refractivity contribution is 5.99. The maximum atomic E-state index is 12.2. The van der Waals surface area contributed by atoms with E-state index < -0.39 is 6.29 Å². The van der Waals surface area contributed by atoms with Crippen molar-refractivity contribution in [2.45, 2.75) is 20.1 Å². The molecule has 0 fully saturated rings. The Labute approximate surface area is 113 Å². The van der Waals surface area contributed by atoms with Crippen LogP contribution in [0.2, 0.25) is 0 Å². The van der Waals surface area contributed by atoms with Gasteiger partial charge in [-0.1, -0.05) is 0 Å². The van der Waals surface area contributed by atoms with Crippen molar-refractivity contribution in [2.75, 3.05) is 27.4 Å². The van der Waals surface area contributed by atoms with E-state index in [1.165, 1.54) is 7.11 Å². The summed E-state index contributed by atoms with van der Waals surface area (Å²) in [5.41, 5.74) is 0.463. The molecule has 1 aromatic carbocycles. The first-order chi connectivity index (χ1) is 9.17. The smallest absolute Gasteiger partial charge is 0.222 e. The second kappa shape index (κ2) is 7.76. The van der Waals surface area contributed by atoms with Crippen molar-refractivity contribution in [1.82, 2.24) is 0 Å². The Kier molecular flexibility index (Phi) is 6.32. The zero-order valence-corrected chi connectivity index (χ0v) is 11.8. The van der Waals surface area contributed by atoms with E-state index in [1.807, 2.05) is 13.8 Å². The zero-order valence-electron chi connectivity index (χ0n) is 11.8. The number of ketones is 1. The van der Waals surface area contributed by atoms with Gasteiger partial charge in [0.1, 0.15) is 0 Å². The number of methoxy groups -OCH3 is 2. The highest BCUT2D eigenvalue weighted by Crippen LogP contribution is 2.28. The lowest BCUT2D eigenvalue weighted by atomic mass is 10.1. The molecule has 0 aromatic heterocycles. The van der Waals surface area contributed by atoms with Crippen molar-refractivity contribution in [1.29, 1.82) is 0 Å². The number of ether oxygens (including phenoxy) is 4. The van der Waals surface area contributed by atoms with Crippen molar-refractivity contribution in [3.05, 3.63) is 23.8 Å². The Bertz CT molecular complexity index is 410. The molecule has 0 atom stereocenters. The van der Waals surface area contributed by atoms with Crippen LogP contribution in [0.1, 0.15) is 24.2 Å². The van der Waals surface area contributed by atoms with Crippen molar-refractivity contribution < 1.29 is 23.7 Å². The molecule has 19 heavy (non-hydrogen) atoms. The van der Waals surface area contributed by atoms with Gasteiger partial charge in [-0.2, -0.15) is 0 Å². The molecule has 1 aromatic rings. The molecular weight excluding hydrogens is 248 g/mol. The van der Waals surface area contributed by atoms with E-state index in [-0.39, 0.29) is 5.78 Å². The molecule has 0 aliphatic rings. The van der Waals surface area contributed by atoms with Crippen LogP contribution in [-0.4, -0.2) is 39.5 Å². The van der Waals surface area contributed by atoms with Crippen LogP contribution >= 0.6 is 0 Å². The third-order valence-electron chi connectivity index (χ3n) is 2.52. The van der Waals surface area contributed by atoms with Gasteiger partial charge in [0.15, 0.2) is 11.5 Å². The van der Waals surface area contributed by atoms with E-state index >= 15 is 0 Å². The molecule has 5 nitrogen and oxygen atoms in total. The number of rotatable bonds is 8. The Morgan fingerprint density at radius 3 is 2.11 bits per heavy atom. The van der Waals surface area contributed by atoms with E-state index in [2.05, 4.69) is 0 Å². The zero-order chi connectivity index (χ0) is 14.3. The maximum Gasteiger partial charge on any atom is 0.222 e. The van der Waals surface area contributed by atoms with Crippen LogP contribution in [0.15, 0.2) is 18.2 Å². The van der Waals surface area contributed by atoms with Crippen molar-refractivity contribution in [2.24, 2.45) is 0 Å². The van der Waals surface area contributed by atoms with Gasteiger partial charge in [0.2, 0.25) is 12.1 Å². The van der Waals surface area contributed by atoms with E-state index in [0.29, 0.717) is 30.3 Å². The molecular formula is C14H20O5. The number of benzene rings is 1. The quantitative estimate of drug-likeness (QED) is 0.535. The van der Waals surface area contributed by atoms with Gasteiger partial charge in [0.05, 0.1) is 14.2 Å². The summed E-state index contributed by atoms with van der Waals surface area (Å²) >= 11 is 0. The van der Waals surface area contributed by atoms with Crippen LogP contribution in [0.4, 0.5) is 0 Å². The fourth-order valence-corrected chi connectivity index (χ4v) is 1.63. The molecule has 0 N–H and O–H groups in total. The minimum Gasteiger partial charge on any atom is -0.493 e. The molecule has 106 valence electrons. The van der Waals surface area contributed by atoms with Crippen LogP contribution in [0.25, 0.3) is 0 Å². The molecule has 0 bridgehead atoms. The molecule has 0 heterocycles. The predicted octanol–water partition coefficient (Wildman–Crippen LogP) is 2.29. The normalized spacial score (nSPS) is 10.6. The van der Waals surface area contributed by atoms with Crippen LogP contribution < -0.4 is 9.47 Å². The third-order valence-corrected chi connectivity index (χ3v) is 2.52. The summed E-state index contributed by atoms with van der Waals surface area (Å²) in [7, 11) is 3.07. The minimum atomic E-state index is -0.881. The van der Waals surface area contributed by atoms with E-state index in [0.717, 1.165) is 0 Å². The molecule has 0 saturated heterocycles. The van der Waals surface area contributed by atoms with Crippen LogP contribution in [0.5, 0.6) is 11.5 Å². The van der Waals surface area contributed by atoms with Crippen LogP contribution in [-0.2, 0) is 9.47 Å². The second-order valence-electron chi connectivity index (χ2n) is 3.68. The van der Waals surface area contributed by atoms with Crippen LogP contribution in [0.3, 0.4) is 0 Å². The van der Waals surface area contributed by atoms with Gasteiger partial charge in [0, 0.05) is 18.8 Å². The lowest BCUT2D eigenvalue weighted by Crippen LogP contribution is -2.27. The highest BCUT2D eigenvalue weighted by atomic mass is 16.7. The number of hydrogen-bond acceptors (Lipinski definition) is 5. The highest BCUT2D eigenvalue weighted by Gasteiger charge is 2.21. The average Bonchev–Trinajstić information content (AvgIpc) is 2.45. The summed E-state index contributed by atoms with van der Waals surface area (Å²) in [6.07, 6.45) is -0.881. The molecule has 1 rings (SSSR count). The van der Waals surface area contributed by atoms with Gasteiger partial charge >= 0.3 is 0 Å². The summed E-state index contributed by atoms with van der Waals surface area (Å²) < 4.78 is 20.9. The van der Waals surface area contributed by atoms with Crippen LogP contribution in [0, 0.1) is 0 Å². The van der Waals surface area contributed by atoms with Crippen molar-refractivity contribution in [3.8, 4) is 11.5 Å². The number of carbonyl (C=O) groups is 1. The van der Waals surface area contributed by atoms with Gasteiger partial charge in [-0.3, -0.25) is 4.79 Å². The largest absolute Gasteiger partial charge is 0.493 e. The molecule has 0 unspecified atom stereocenters. The third kappa shape index (κ3) is 3.94. The molecule has 0 saturated carbocycles. The molecule has 0 amide bonds. The standard InChI is InChI=1S/C14H20O5/c1-5-18-14(19-6-2)13(15)10-7-8-11(16-3)12(9-10)17-4/h7-9,14H,5-6H2,1-4H3. The molecule has 0 aliphatic heterocycles. The van der Waals surface area contributed by atoms with Crippen molar-refractivity contribution >= 4 is 5.78 Å². The van der Waals surface area contributed by atoms with E-state index in [1.54, 1.807) is 25.3 Å². The van der Waals surface area contributed by atoms with Crippen molar-refractivity contribution in [3.63, 3.8) is 0 Å². The Morgan fingerprint density at radius 2 is 1.63 bits per heavy atom. The number of carbonyl (C=O) groups excluding carboxylic acids is 1. The van der Waals surface area contributed by atoms with E-state index in [9.17, 15) is 4.79 Å². The summed E-state index contributed by atoms with van der Waals surface area (Å²) in [6, 6.07) is 4.96. The predicted molar refractivity (Wildman–Crippen MR) is 70.9 cm³/mol. The Morgan fingerprint density at radius 1 is 1.05 bits per heavy atom. The summed E-state index contributed by atoms with van der Waals surface area (Å²) in [5.74, 6) is 0.841. The van der Waals surface area contributed by atoms with Gasteiger partial charge in [-0.25, -0.2) is 0 Å². The maximum absolute atomic E-state index is 12.2. The topological polar surface area (TPSA) is 54.0 Å². The average molecular weight is 268 g/mol. The summed E-state index contributed by atoms with van der Waals surface area (Å²) in [4.78, 5) is 12.2. The first kappa shape index (κ1) is 15.5. The SMILES string of the molecule is CCOC(OCC)C(=O)c1ccc(OC)c(OC)c1. The van der Waals surface area contributed by atoms with Gasteiger partial charge in [-0.05, 0) is 32.0 Å². The fourth-order valence-electron chi connectivity index (χ4n) is 1.63. The second-order valence-corrected chi connectivity index (χ2v) is 3.68. The first-order valence-corrected chi connectivity index (χ1v) is 6.17. The Balaban J connectivity index is 2.97. The first-order valence-electron chi connectivity index (χ1n) is 6.17. The summed E-state index contributed by atoms with van der Waals surface area (Å²) in [5, 5.41) is 0. The van der Waals surface area contributed by atoms with E-state index in [4.69, 9.17) is 18.9 Å². The number of Topliss-reactive ketones (excluding diaryl/α,β-unsaturated/α-hetero) is 1. The molecule has 0 aliphatic carbocycles. The molecule has 0 radical (unpaired) electrons.